The van der Waals surface area contributed by atoms with Gasteiger partial charge in [0, 0.05) is 37.3 Å². The summed E-state index contributed by atoms with van der Waals surface area (Å²) in [6.45, 7) is 10.2. The highest BCUT2D eigenvalue weighted by Crippen LogP contribution is 2.32. The summed E-state index contributed by atoms with van der Waals surface area (Å²) in [4.78, 5) is 7.91. The van der Waals surface area contributed by atoms with Gasteiger partial charge in [-0.3, -0.25) is 4.90 Å². The second-order valence-corrected chi connectivity index (χ2v) is 10.5. The fourth-order valence-electron chi connectivity index (χ4n) is 5.32. The normalized spacial score (nSPS) is 11.3. The molecule has 0 aliphatic rings. The Hall–Kier alpha value is -3.95. The first-order chi connectivity index (χ1) is 19.1. The number of nitrogens with zero attached hydrogens (tertiary/aromatic N) is 3. The van der Waals surface area contributed by atoms with Gasteiger partial charge in [0.25, 0.3) is 0 Å². The van der Waals surface area contributed by atoms with Crippen molar-refractivity contribution < 1.29 is 0 Å². The highest BCUT2D eigenvalue weighted by atomic mass is 15.2. The molecule has 0 bridgehead atoms. The van der Waals surface area contributed by atoms with Crippen LogP contribution in [0.5, 0.6) is 0 Å². The van der Waals surface area contributed by atoms with E-state index in [1.165, 1.54) is 39.1 Å². The minimum Gasteiger partial charge on any atom is -0.326 e. The molecule has 0 amide bonds. The number of hydrogen-bond acceptors (Lipinski definition) is 2. The van der Waals surface area contributed by atoms with Crippen molar-refractivity contribution in [2.75, 3.05) is 0 Å². The second kappa shape index (κ2) is 12.7. The molecule has 0 aliphatic heterocycles. The monoisotopic (exact) mass is 513 g/mol. The van der Waals surface area contributed by atoms with Crippen LogP contribution in [0.2, 0.25) is 0 Å². The van der Waals surface area contributed by atoms with Crippen molar-refractivity contribution in [2.45, 2.75) is 59.8 Å². The first-order valence-corrected chi connectivity index (χ1v) is 14.1. The first-order valence-electron chi connectivity index (χ1n) is 14.1. The number of unbranched alkanes of at least 4 members (excludes halogenated alkanes) is 1. The van der Waals surface area contributed by atoms with Crippen LogP contribution in [0.15, 0.2) is 109 Å². The van der Waals surface area contributed by atoms with Crippen molar-refractivity contribution in [3.63, 3.8) is 0 Å². The quantitative estimate of drug-likeness (QED) is 0.176. The van der Waals surface area contributed by atoms with E-state index < -0.39 is 0 Å². The predicted molar refractivity (Wildman–Crippen MR) is 163 cm³/mol. The van der Waals surface area contributed by atoms with Crippen LogP contribution in [-0.2, 0) is 26.2 Å². The maximum absolute atomic E-state index is 5.34. The number of aromatic nitrogens is 2. The zero-order valence-corrected chi connectivity index (χ0v) is 23.5. The van der Waals surface area contributed by atoms with Crippen LogP contribution in [-0.4, -0.2) is 14.5 Å². The van der Waals surface area contributed by atoms with Gasteiger partial charge in [-0.05, 0) is 37.0 Å². The Bertz CT molecular complexity index is 1470. The van der Waals surface area contributed by atoms with Crippen molar-refractivity contribution in [1.29, 1.82) is 0 Å². The van der Waals surface area contributed by atoms with Crippen LogP contribution >= 0.6 is 0 Å². The standard InChI is InChI=1S/C36H39N3/c1-4-5-23-39-34(35(31-17-11-7-12-18-31)37-36(39)32-19-13-8-14-20-32)27-38(25-30-15-9-6-10-16-30)26-33-22-21-28(2)24-29(33)3/h6-22,24H,4-5,23,25-27H2,1-3H3. The van der Waals surface area contributed by atoms with E-state index in [4.69, 9.17) is 4.98 Å². The molecule has 39 heavy (non-hydrogen) atoms. The molecule has 1 heterocycles. The smallest absolute Gasteiger partial charge is 0.140 e. The molecule has 0 unspecified atom stereocenters. The highest BCUT2D eigenvalue weighted by molar-refractivity contribution is 5.68. The van der Waals surface area contributed by atoms with Crippen LogP contribution in [0.3, 0.4) is 0 Å². The van der Waals surface area contributed by atoms with E-state index in [-0.39, 0.29) is 0 Å². The average molecular weight is 514 g/mol. The zero-order chi connectivity index (χ0) is 27.0. The molecule has 0 atom stereocenters. The third kappa shape index (κ3) is 6.55. The number of rotatable bonds is 11. The molecule has 3 nitrogen and oxygen atoms in total. The molecule has 4 aromatic carbocycles. The second-order valence-electron chi connectivity index (χ2n) is 10.5. The Kier molecular flexibility index (Phi) is 8.70. The largest absolute Gasteiger partial charge is 0.326 e. The first kappa shape index (κ1) is 26.6. The van der Waals surface area contributed by atoms with E-state index in [2.05, 4.69) is 139 Å². The molecule has 0 saturated heterocycles. The summed E-state index contributed by atoms with van der Waals surface area (Å²) in [5.74, 6) is 1.06. The van der Waals surface area contributed by atoms with Gasteiger partial charge in [0.2, 0.25) is 0 Å². The third-order valence-electron chi connectivity index (χ3n) is 7.40. The van der Waals surface area contributed by atoms with E-state index >= 15 is 0 Å². The van der Waals surface area contributed by atoms with Gasteiger partial charge in [0.1, 0.15) is 5.82 Å². The lowest BCUT2D eigenvalue weighted by molar-refractivity contribution is 0.241. The summed E-state index contributed by atoms with van der Waals surface area (Å²) in [5, 5.41) is 0. The van der Waals surface area contributed by atoms with E-state index in [1.807, 2.05) is 0 Å². The van der Waals surface area contributed by atoms with Gasteiger partial charge in [-0.15, -0.1) is 0 Å². The van der Waals surface area contributed by atoms with Gasteiger partial charge >= 0.3 is 0 Å². The summed E-state index contributed by atoms with van der Waals surface area (Å²) in [5.41, 5.74) is 10.1. The Labute approximate surface area is 233 Å². The van der Waals surface area contributed by atoms with Gasteiger partial charge in [0.05, 0.1) is 11.4 Å². The zero-order valence-electron chi connectivity index (χ0n) is 23.5. The van der Waals surface area contributed by atoms with Crippen LogP contribution in [0.25, 0.3) is 22.6 Å². The summed E-state index contributed by atoms with van der Waals surface area (Å²) in [6.07, 6.45) is 2.26. The molecular formula is C36H39N3. The molecule has 0 radical (unpaired) electrons. The molecule has 5 aromatic rings. The van der Waals surface area contributed by atoms with Crippen molar-refractivity contribution in [3.05, 3.63) is 137 Å². The Morgan fingerprint density at radius 2 is 1.33 bits per heavy atom. The van der Waals surface area contributed by atoms with Crippen molar-refractivity contribution >= 4 is 0 Å². The van der Waals surface area contributed by atoms with Gasteiger partial charge in [-0.25, -0.2) is 4.98 Å². The minimum atomic E-state index is 0.815. The van der Waals surface area contributed by atoms with Crippen LogP contribution in [0, 0.1) is 13.8 Å². The SMILES string of the molecule is CCCCn1c(-c2ccccc2)nc(-c2ccccc2)c1CN(Cc1ccccc1)Cc1ccc(C)cc1C. The van der Waals surface area contributed by atoms with Gasteiger partial charge in [0.15, 0.2) is 0 Å². The lowest BCUT2D eigenvalue weighted by Gasteiger charge is -2.25. The minimum absolute atomic E-state index is 0.815. The lowest BCUT2D eigenvalue weighted by Crippen LogP contribution is -2.25. The molecule has 3 heteroatoms. The van der Waals surface area contributed by atoms with E-state index in [0.29, 0.717) is 0 Å². The van der Waals surface area contributed by atoms with E-state index in [9.17, 15) is 0 Å². The van der Waals surface area contributed by atoms with Gasteiger partial charge < -0.3 is 4.57 Å². The summed E-state index contributed by atoms with van der Waals surface area (Å²) in [7, 11) is 0. The van der Waals surface area contributed by atoms with Crippen LogP contribution in [0.4, 0.5) is 0 Å². The fourth-order valence-corrected chi connectivity index (χ4v) is 5.32. The average Bonchev–Trinajstić information content (AvgIpc) is 3.32. The van der Waals surface area contributed by atoms with Crippen LogP contribution < -0.4 is 0 Å². The van der Waals surface area contributed by atoms with Gasteiger partial charge in [-0.1, -0.05) is 128 Å². The van der Waals surface area contributed by atoms with Crippen molar-refractivity contribution in [3.8, 4) is 22.6 Å². The molecule has 0 saturated carbocycles. The Balaban J connectivity index is 1.62. The van der Waals surface area contributed by atoms with Crippen molar-refractivity contribution in [1.82, 2.24) is 14.5 Å². The molecule has 0 N–H and O–H groups in total. The topological polar surface area (TPSA) is 21.1 Å². The van der Waals surface area contributed by atoms with Crippen molar-refractivity contribution in [2.24, 2.45) is 0 Å². The molecule has 0 spiro atoms. The number of imidazole rings is 1. The Morgan fingerprint density at radius 3 is 1.97 bits per heavy atom. The summed E-state index contributed by atoms with van der Waals surface area (Å²) < 4.78 is 2.49. The van der Waals surface area contributed by atoms with Crippen LogP contribution in [0.1, 0.15) is 47.7 Å². The maximum Gasteiger partial charge on any atom is 0.140 e. The third-order valence-corrected chi connectivity index (χ3v) is 7.40. The Morgan fingerprint density at radius 1 is 0.692 bits per heavy atom. The van der Waals surface area contributed by atoms with E-state index in [0.717, 1.165) is 50.5 Å². The van der Waals surface area contributed by atoms with Gasteiger partial charge in [-0.2, -0.15) is 0 Å². The molecule has 0 fully saturated rings. The number of aryl methyl sites for hydroxylation is 2. The predicted octanol–water partition coefficient (Wildman–Crippen LogP) is 8.84. The molecule has 1 aromatic heterocycles. The number of hydrogen-bond donors (Lipinski definition) is 0. The highest BCUT2D eigenvalue weighted by Gasteiger charge is 2.22. The molecule has 0 aliphatic carbocycles. The van der Waals surface area contributed by atoms with E-state index in [1.54, 1.807) is 0 Å². The number of benzene rings is 4. The molecular weight excluding hydrogens is 474 g/mol. The molecule has 5 rings (SSSR count). The lowest BCUT2D eigenvalue weighted by atomic mass is 10.0. The molecule has 198 valence electrons. The summed E-state index contributed by atoms with van der Waals surface area (Å²) in [6, 6.07) is 39.0. The maximum atomic E-state index is 5.34. The fraction of sp³-hybridized carbons (Fsp3) is 0.250. The summed E-state index contributed by atoms with van der Waals surface area (Å²) >= 11 is 0.